The number of hydrogen-bond acceptors (Lipinski definition) is 3. The van der Waals surface area contributed by atoms with Gasteiger partial charge in [0.2, 0.25) is 0 Å². The van der Waals surface area contributed by atoms with Gasteiger partial charge < -0.3 is 20.5 Å². The molecule has 1 aliphatic heterocycles. The maximum absolute atomic E-state index is 11.8. The summed E-state index contributed by atoms with van der Waals surface area (Å²) in [6, 6.07) is 7.75. The van der Waals surface area contributed by atoms with Crippen molar-refractivity contribution in [3.8, 4) is 0 Å². The molecule has 0 spiro atoms. The van der Waals surface area contributed by atoms with Crippen LogP contribution < -0.4 is 10.6 Å². The second-order valence-corrected chi connectivity index (χ2v) is 5.36. The van der Waals surface area contributed by atoms with E-state index in [1.807, 2.05) is 25.1 Å². The van der Waals surface area contributed by atoms with E-state index < -0.39 is 11.6 Å². The number of rotatable bonds is 6. The van der Waals surface area contributed by atoms with Crippen molar-refractivity contribution in [2.24, 2.45) is 0 Å². The Hall–Kier alpha value is -2.08. The second-order valence-electron chi connectivity index (χ2n) is 5.36. The average molecular weight is 306 g/mol. The Labute approximate surface area is 129 Å². The minimum atomic E-state index is -0.935. The molecule has 0 fully saturated rings. The van der Waals surface area contributed by atoms with Crippen LogP contribution in [0.5, 0.6) is 0 Å². The first kappa shape index (κ1) is 16.3. The number of fused-ring (bicyclic) bond motifs is 1. The molecule has 0 radical (unpaired) electrons. The third kappa shape index (κ3) is 3.76. The first-order valence-corrected chi connectivity index (χ1v) is 7.53. The van der Waals surface area contributed by atoms with Gasteiger partial charge in [-0.1, -0.05) is 31.2 Å². The predicted molar refractivity (Wildman–Crippen MR) is 81.7 cm³/mol. The Kier molecular flexibility index (Phi) is 5.38. The molecule has 2 rings (SSSR count). The summed E-state index contributed by atoms with van der Waals surface area (Å²) in [5.74, 6) is -0.935. The average Bonchev–Trinajstić information content (AvgIpc) is 2.52. The highest BCUT2D eigenvalue weighted by molar-refractivity contribution is 5.75. The molecular weight excluding hydrogens is 284 g/mol. The van der Waals surface area contributed by atoms with Crippen LogP contribution in [0.4, 0.5) is 4.79 Å². The number of carboxylic acid groups (broad SMARTS) is 1. The fourth-order valence-electron chi connectivity index (χ4n) is 2.75. The van der Waals surface area contributed by atoms with E-state index in [0.29, 0.717) is 13.2 Å². The number of benzene rings is 1. The summed E-state index contributed by atoms with van der Waals surface area (Å²) in [5.41, 5.74) is 1.86. The van der Waals surface area contributed by atoms with Crippen molar-refractivity contribution in [1.82, 2.24) is 10.6 Å². The maximum atomic E-state index is 11.8. The molecule has 1 heterocycles. The number of carbonyl (C=O) groups excluding carboxylic acids is 1. The van der Waals surface area contributed by atoms with E-state index in [2.05, 4.69) is 16.7 Å². The molecule has 6 heteroatoms. The van der Waals surface area contributed by atoms with E-state index in [1.165, 1.54) is 5.56 Å². The number of ether oxygens (including phenoxy) is 1. The number of hydrogen-bond donors (Lipinski definition) is 3. The summed E-state index contributed by atoms with van der Waals surface area (Å²) in [4.78, 5) is 22.2. The molecular formula is C16H22N2O4. The predicted octanol–water partition coefficient (Wildman–Crippen LogP) is 1.64. The van der Waals surface area contributed by atoms with Crippen LogP contribution in [0.25, 0.3) is 0 Å². The van der Waals surface area contributed by atoms with Crippen molar-refractivity contribution in [3.63, 3.8) is 0 Å². The van der Waals surface area contributed by atoms with E-state index in [1.54, 1.807) is 0 Å². The van der Waals surface area contributed by atoms with Gasteiger partial charge in [-0.15, -0.1) is 0 Å². The highest BCUT2D eigenvalue weighted by Crippen LogP contribution is 2.35. The SMILES string of the molecule is CCC1(CNC(=O)NCCC(=O)O)OCCc2ccccc21. The van der Waals surface area contributed by atoms with Gasteiger partial charge in [0.15, 0.2) is 0 Å². The third-order valence-electron chi connectivity index (χ3n) is 3.99. The summed E-state index contributed by atoms with van der Waals surface area (Å²) in [7, 11) is 0. The molecule has 6 nitrogen and oxygen atoms in total. The third-order valence-corrected chi connectivity index (χ3v) is 3.99. The van der Waals surface area contributed by atoms with E-state index >= 15 is 0 Å². The van der Waals surface area contributed by atoms with Gasteiger partial charge in [-0.05, 0) is 24.0 Å². The van der Waals surface area contributed by atoms with E-state index in [4.69, 9.17) is 9.84 Å². The number of carboxylic acids is 1. The van der Waals surface area contributed by atoms with Gasteiger partial charge in [-0.25, -0.2) is 4.79 Å². The molecule has 1 aromatic carbocycles. The minimum Gasteiger partial charge on any atom is -0.481 e. The lowest BCUT2D eigenvalue weighted by molar-refractivity contribution is -0.136. The molecule has 3 N–H and O–H groups in total. The van der Waals surface area contributed by atoms with Crippen LogP contribution in [0, 0.1) is 0 Å². The van der Waals surface area contributed by atoms with Crippen molar-refractivity contribution in [1.29, 1.82) is 0 Å². The largest absolute Gasteiger partial charge is 0.481 e. The molecule has 120 valence electrons. The maximum Gasteiger partial charge on any atom is 0.314 e. The van der Waals surface area contributed by atoms with Crippen LogP contribution >= 0.6 is 0 Å². The van der Waals surface area contributed by atoms with Crippen molar-refractivity contribution in [2.75, 3.05) is 19.7 Å². The Morgan fingerprint density at radius 2 is 2.09 bits per heavy atom. The lowest BCUT2D eigenvalue weighted by Gasteiger charge is -2.38. The van der Waals surface area contributed by atoms with E-state index in [0.717, 1.165) is 18.4 Å². The minimum absolute atomic E-state index is 0.0916. The first-order chi connectivity index (χ1) is 10.6. The van der Waals surface area contributed by atoms with Gasteiger partial charge in [-0.2, -0.15) is 0 Å². The molecule has 0 aliphatic carbocycles. The Morgan fingerprint density at radius 3 is 2.82 bits per heavy atom. The van der Waals surface area contributed by atoms with Gasteiger partial charge in [0, 0.05) is 6.54 Å². The monoisotopic (exact) mass is 306 g/mol. The fourth-order valence-corrected chi connectivity index (χ4v) is 2.75. The van der Waals surface area contributed by atoms with Crippen LogP contribution in [0.1, 0.15) is 30.9 Å². The fraction of sp³-hybridized carbons (Fsp3) is 0.500. The Morgan fingerprint density at radius 1 is 1.32 bits per heavy atom. The molecule has 1 atom stereocenters. The van der Waals surface area contributed by atoms with Crippen LogP contribution in [-0.4, -0.2) is 36.8 Å². The molecule has 0 saturated heterocycles. The summed E-state index contributed by atoms with van der Waals surface area (Å²) in [6.07, 6.45) is 1.54. The molecule has 1 aromatic rings. The Balaban J connectivity index is 1.98. The molecule has 22 heavy (non-hydrogen) atoms. The molecule has 1 unspecified atom stereocenters. The number of urea groups is 1. The van der Waals surface area contributed by atoms with E-state index in [9.17, 15) is 9.59 Å². The lowest BCUT2D eigenvalue weighted by Crippen LogP contribution is -2.48. The summed E-state index contributed by atoms with van der Waals surface area (Å²) < 4.78 is 6.00. The number of nitrogens with one attached hydrogen (secondary N) is 2. The van der Waals surface area contributed by atoms with Crippen molar-refractivity contribution in [3.05, 3.63) is 35.4 Å². The first-order valence-electron chi connectivity index (χ1n) is 7.53. The summed E-state index contributed by atoms with van der Waals surface area (Å²) in [5, 5.41) is 13.9. The van der Waals surface area contributed by atoms with Crippen LogP contribution in [0.3, 0.4) is 0 Å². The molecule has 2 amide bonds. The van der Waals surface area contributed by atoms with Crippen molar-refractivity contribution < 1.29 is 19.4 Å². The van der Waals surface area contributed by atoms with Gasteiger partial charge in [0.25, 0.3) is 0 Å². The van der Waals surface area contributed by atoms with Crippen molar-refractivity contribution in [2.45, 2.75) is 31.8 Å². The number of aliphatic carboxylic acids is 1. The second kappa shape index (κ2) is 7.26. The zero-order chi connectivity index (χ0) is 16.0. The molecule has 0 bridgehead atoms. The smallest absolute Gasteiger partial charge is 0.314 e. The summed E-state index contributed by atoms with van der Waals surface area (Å²) in [6.45, 7) is 3.14. The molecule has 0 aromatic heterocycles. The summed E-state index contributed by atoms with van der Waals surface area (Å²) >= 11 is 0. The van der Waals surface area contributed by atoms with Crippen LogP contribution in [0.2, 0.25) is 0 Å². The number of amides is 2. The lowest BCUT2D eigenvalue weighted by atomic mass is 9.84. The van der Waals surface area contributed by atoms with Crippen molar-refractivity contribution >= 4 is 12.0 Å². The zero-order valence-electron chi connectivity index (χ0n) is 12.7. The normalized spacial score (nSPS) is 20.0. The van der Waals surface area contributed by atoms with Crippen LogP contribution in [-0.2, 0) is 21.6 Å². The Bertz CT molecular complexity index is 547. The van der Waals surface area contributed by atoms with Crippen LogP contribution in [0.15, 0.2) is 24.3 Å². The van der Waals surface area contributed by atoms with Gasteiger partial charge in [0.1, 0.15) is 5.60 Å². The quantitative estimate of drug-likeness (QED) is 0.745. The highest BCUT2D eigenvalue weighted by Gasteiger charge is 2.36. The van der Waals surface area contributed by atoms with Gasteiger partial charge in [-0.3, -0.25) is 4.79 Å². The van der Waals surface area contributed by atoms with Gasteiger partial charge in [0.05, 0.1) is 19.6 Å². The number of carbonyl (C=O) groups is 2. The van der Waals surface area contributed by atoms with Gasteiger partial charge >= 0.3 is 12.0 Å². The molecule has 0 saturated carbocycles. The highest BCUT2D eigenvalue weighted by atomic mass is 16.5. The van der Waals surface area contributed by atoms with E-state index in [-0.39, 0.29) is 19.0 Å². The zero-order valence-corrected chi connectivity index (χ0v) is 12.7. The topological polar surface area (TPSA) is 87.7 Å². The molecule has 1 aliphatic rings. The standard InChI is InChI=1S/C16H22N2O4/c1-2-16(11-18-15(21)17-9-7-14(19)20)13-6-4-3-5-12(13)8-10-22-16/h3-6H,2,7-11H2,1H3,(H,19,20)(H2,17,18,21).